The highest BCUT2D eigenvalue weighted by molar-refractivity contribution is 5.87. The van der Waals surface area contributed by atoms with E-state index in [1.54, 1.807) is 12.0 Å². The van der Waals surface area contributed by atoms with Crippen LogP contribution in [0.3, 0.4) is 0 Å². The largest absolute Gasteiger partial charge is 0.496 e. The zero-order valence-electron chi connectivity index (χ0n) is 16.3. The third kappa shape index (κ3) is 4.60. The molecule has 1 heterocycles. The lowest BCUT2D eigenvalue weighted by Gasteiger charge is -2.34. The average molecular weight is 378 g/mol. The summed E-state index contributed by atoms with van der Waals surface area (Å²) in [5.41, 5.74) is 3.23. The van der Waals surface area contributed by atoms with Crippen LogP contribution in [0.1, 0.15) is 12.0 Å². The van der Waals surface area contributed by atoms with E-state index in [1.807, 2.05) is 35.2 Å². The molecule has 2 aromatic rings. The normalized spacial score (nSPS) is 13.9. The predicted octanol–water partition coefficient (Wildman–Crippen LogP) is 3.15. The standard InChI is InChI=1S/C23H26N2O3/c1-3-22(26)24-13-15-25(16-14-24)23(27)12-10-18-9-11-21(28-2)20(17-18)19-7-5-4-6-8-19/h3-9,11,17H,1,10,12-16H2,2H3. The number of amides is 2. The number of ether oxygens (including phenoxy) is 1. The lowest BCUT2D eigenvalue weighted by Crippen LogP contribution is -2.50. The number of rotatable bonds is 6. The smallest absolute Gasteiger partial charge is 0.246 e. The first-order valence-corrected chi connectivity index (χ1v) is 9.54. The van der Waals surface area contributed by atoms with E-state index in [1.165, 1.54) is 6.08 Å². The van der Waals surface area contributed by atoms with Gasteiger partial charge in [-0.05, 0) is 35.8 Å². The first-order chi connectivity index (χ1) is 13.6. The van der Waals surface area contributed by atoms with Crippen molar-refractivity contribution in [2.75, 3.05) is 33.3 Å². The van der Waals surface area contributed by atoms with Crippen LogP contribution in [0.25, 0.3) is 11.1 Å². The van der Waals surface area contributed by atoms with Gasteiger partial charge in [0, 0.05) is 38.2 Å². The Bertz CT molecular complexity index is 840. The fraction of sp³-hybridized carbons (Fsp3) is 0.304. The van der Waals surface area contributed by atoms with Crippen LogP contribution < -0.4 is 4.74 Å². The summed E-state index contributed by atoms with van der Waals surface area (Å²) in [6, 6.07) is 16.2. The molecule has 1 fully saturated rings. The maximum Gasteiger partial charge on any atom is 0.246 e. The Labute approximate surface area is 166 Å². The van der Waals surface area contributed by atoms with E-state index in [-0.39, 0.29) is 11.8 Å². The Hall–Kier alpha value is -3.08. The monoisotopic (exact) mass is 378 g/mol. The fourth-order valence-electron chi connectivity index (χ4n) is 3.47. The molecule has 28 heavy (non-hydrogen) atoms. The van der Waals surface area contributed by atoms with Crippen LogP contribution in [0.2, 0.25) is 0 Å². The van der Waals surface area contributed by atoms with E-state index in [0.29, 0.717) is 39.0 Å². The predicted molar refractivity (Wildman–Crippen MR) is 110 cm³/mol. The van der Waals surface area contributed by atoms with Crippen molar-refractivity contribution in [2.45, 2.75) is 12.8 Å². The van der Waals surface area contributed by atoms with Crippen molar-refractivity contribution in [3.8, 4) is 16.9 Å². The number of hydrogen-bond acceptors (Lipinski definition) is 3. The lowest BCUT2D eigenvalue weighted by atomic mass is 9.99. The molecule has 2 aromatic carbocycles. The molecule has 0 aliphatic carbocycles. The van der Waals surface area contributed by atoms with Gasteiger partial charge < -0.3 is 14.5 Å². The van der Waals surface area contributed by atoms with Crippen molar-refractivity contribution in [1.29, 1.82) is 0 Å². The van der Waals surface area contributed by atoms with Crippen molar-refractivity contribution >= 4 is 11.8 Å². The summed E-state index contributed by atoms with van der Waals surface area (Å²) >= 11 is 0. The van der Waals surface area contributed by atoms with Crippen LogP contribution in [0.4, 0.5) is 0 Å². The van der Waals surface area contributed by atoms with E-state index in [4.69, 9.17) is 4.74 Å². The Morgan fingerprint density at radius 3 is 2.36 bits per heavy atom. The fourth-order valence-corrected chi connectivity index (χ4v) is 3.47. The van der Waals surface area contributed by atoms with Crippen LogP contribution in [-0.4, -0.2) is 54.9 Å². The Kier molecular flexibility index (Phi) is 6.48. The zero-order valence-corrected chi connectivity index (χ0v) is 16.3. The summed E-state index contributed by atoms with van der Waals surface area (Å²) in [5, 5.41) is 0. The van der Waals surface area contributed by atoms with Gasteiger partial charge in [-0.2, -0.15) is 0 Å². The molecule has 146 valence electrons. The summed E-state index contributed by atoms with van der Waals surface area (Å²) in [6.07, 6.45) is 2.45. The summed E-state index contributed by atoms with van der Waals surface area (Å²) in [5.74, 6) is 0.880. The summed E-state index contributed by atoms with van der Waals surface area (Å²) in [6.45, 7) is 5.81. The van der Waals surface area contributed by atoms with E-state index in [0.717, 1.165) is 22.4 Å². The number of piperazine rings is 1. The molecule has 2 amide bonds. The molecule has 0 bridgehead atoms. The molecule has 0 spiro atoms. The van der Waals surface area contributed by atoms with Crippen LogP contribution in [0.5, 0.6) is 5.75 Å². The second kappa shape index (κ2) is 9.22. The Morgan fingerprint density at radius 1 is 1.04 bits per heavy atom. The van der Waals surface area contributed by atoms with E-state index in [2.05, 4.69) is 24.8 Å². The number of hydrogen-bond donors (Lipinski definition) is 0. The number of aryl methyl sites for hydroxylation is 1. The summed E-state index contributed by atoms with van der Waals surface area (Å²) in [7, 11) is 1.67. The third-order valence-corrected chi connectivity index (χ3v) is 5.09. The van der Waals surface area contributed by atoms with Gasteiger partial charge in [-0.15, -0.1) is 0 Å². The third-order valence-electron chi connectivity index (χ3n) is 5.09. The van der Waals surface area contributed by atoms with E-state index >= 15 is 0 Å². The Morgan fingerprint density at radius 2 is 1.71 bits per heavy atom. The molecule has 0 N–H and O–H groups in total. The molecule has 0 aromatic heterocycles. The highest BCUT2D eigenvalue weighted by Crippen LogP contribution is 2.31. The minimum absolute atomic E-state index is 0.0706. The first-order valence-electron chi connectivity index (χ1n) is 9.54. The number of carbonyl (C=O) groups excluding carboxylic acids is 2. The van der Waals surface area contributed by atoms with Gasteiger partial charge in [0.1, 0.15) is 5.75 Å². The minimum Gasteiger partial charge on any atom is -0.496 e. The number of carbonyl (C=O) groups is 2. The molecule has 1 saturated heterocycles. The van der Waals surface area contributed by atoms with Gasteiger partial charge >= 0.3 is 0 Å². The summed E-state index contributed by atoms with van der Waals surface area (Å²) < 4.78 is 5.50. The van der Waals surface area contributed by atoms with Crippen LogP contribution in [0.15, 0.2) is 61.2 Å². The molecule has 0 saturated carbocycles. The van der Waals surface area contributed by atoms with E-state index in [9.17, 15) is 9.59 Å². The maximum atomic E-state index is 12.6. The molecule has 5 heteroatoms. The molecular weight excluding hydrogens is 352 g/mol. The number of methoxy groups -OCH3 is 1. The second-order valence-electron chi connectivity index (χ2n) is 6.81. The van der Waals surface area contributed by atoms with Gasteiger partial charge in [0.15, 0.2) is 0 Å². The van der Waals surface area contributed by atoms with Crippen LogP contribution in [-0.2, 0) is 16.0 Å². The van der Waals surface area contributed by atoms with Gasteiger partial charge in [0.05, 0.1) is 7.11 Å². The summed E-state index contributed by atoms with van der Waals surface area (Å²) in [4.78, 5) is 27.8. The average Bonchev–Trinajstić information content (AvgIpc) is 2.77. The molecule has 5 nitrogen and oxygen atoms in total. The highest BCUT2D eigenvalue weighted by Gasteiger charge is 2.22. The SMILES string of the molecule is C=CC(=O)N1CCN(C(=O)CCc2ccc(OC)c(-c3ccccc3)c2)CC1. The van der Waals surface area contributed by atoms with Crippen molar-refractivity contribution in [1.82, 2.24) is 9.80 Å². The van der Waals surface area contributed by atoms with Gasteiger partial charge in [0.2, 0.25) is 11.8 Å². The molecule has 0 unspecified atom stereocenters. The van der Waals surface area contributed by atoms with Crippen molar-refractivity contribution in [3.63, 3.8) is 0 Å². The zero-order chi connectivity index (χ0) is 19.9. The molecule has 3 rings (SSSR count). The van der Waals surface area contributed by atoms with Crippen molar-refractivity contribution < 1.29 is 14.3 Å². The van der Waals surface area contributed by atoms with Crippen LogP contribution in [0, 0.1) is 0 Å². The highest BCUT2D eigenvalue weighted by atomic mass is 16.5. The molecular formula is C23H26N2O3. The second-order valence-corrected chi connectivity index (χ2v) is 6.81. The van der Waals surface area contributed by atoms with E-state index < -0.39 is 0 Å². The van der Waals surface area contributed by atoms with Crippen molar-refractivity contribution in [2.24, 2.45) is 0 Å². The first kappa shape index (κ1) is 19.7. The van der Waals surface area contributed by atoms with Gasteiger partial charge in [-0.3, -0.25) is 9.59 Å². The molecule has 1 aliphatic heterocycles. The molecule has 0 radical (unpaired) electrons. The topological polar surface area (TPSA) is 49.9 Å². The van der Waals surface area contributed by atoms with Crippen LogP contribution >= 0.6 is 0 Å². The maximum absolute atomic E-state index is 12.6. The van der Waals surface area contributed by atoms with Gasteiger partial charge in [0.25, 0.3) is 0 Å². The van der Waals surface area contributed by atoms with Gasteiger partial charge in [-0.1, -0.05) is 43.0 Å². The minimum atomic E-state index is -0.0706. The molecule has 1 aliphatic rings. The van der Waals surface area contributed by atoms with Gasteiger partial charge in [-0.25, -0.2) is 0 Å². The van der Waals surface area contributed by atoms with Crippen molar-refractivity contribution in [3.05, 3.63) is 66.7 Å². The molecule has 0 atom stereocenters. The number of nitrogens with zero attached hydrogens (tertiary/aromatic N) is 2. The lowest BCUT2D eigenvalue weighted by molar-refractivity contribution is -0.137. The Balaban J connectivity index is 1.61. The quantitative estimate of drug-likeness (QED) is 0.726. The number of benzene rings is 2.